The summed E-state index contributed by atoms with van der Waals surface area (Å²) >= 11 is 1.35. The number of rotatable bonds is 6. The number of nitrogens with zero attached hydrogens (tertiary/aromatic N) is 3. The van der Waals surface area contributed by atoms with Gasteiger partial charge in [0.2, 0.25) is 5.91 Å². The van der Waals surface area contributed by atoms with Gasteiger partial charge in [-0.3, -0.25) is 9.59 Å². The van der Waals surface area contributed by atoms with Gasteiger partial charge in [0.15, 0.2) is 5.13 Å². The summed E-state index contributed by atoms with van der Waals surface area (Å²) in [6.45, 7) is 1.44. The minimum atomic E-state index is -0.304. The molecule has 4 rings (SSSR count). The van der Waals surface area contributed by atoms with Crippen LogP contribution in [0.25, 0.3) is 5.69 Å². The lowest BCUT2D eigenvalue weighted by atomic mass is 10.2. The van der Waals surface area contributed by atoms with Gasteiger partial charge in [0.05, 0.1) is 6.33 Å². The molecule has 0 atom stereocenters. The highest BCUT2D eigenvalue weighted by Gasteiger charge is 2.11. The fourth-order valence-electron chi connectivity index (χ4n) is 2.72. The van der Waals surface area contributed by atoms with Crippen molar-refractivity contribution < 1.29 is 9.59 Å². The summed E-state index contributed by atoms with van der Waals surface area (Å²) in [5.74, 6) is -0.451. The van der Waals surface area contributed by atoms with Crippen LogP contribution >= 0.6 is 11.3 Å². The van der Waals surface area contributed by atoms with E-state index in [-0.39, 0.29) is 11.8 Å². The molecule has 9 heteroatoms. The lowest BCUT2D eigenvalue weighted by Gasteiger charge is -2.06. The number of thiazole rings is 1. The molecule has 4 aromatic rings. The summed E-state index contributed by atoms with van der Waals surface area (Å²) in [7, 11) is 0. The number of hydrogen-bond acceptors (Lipinski definition) is 6. The molecule has 0 saturated carbocycles. The monoisotopic (exact) mass is 418 g/mol. The van der Waals surface area contributed by atoms with Gasteiger partial charge in [-0.2, -0.15) is 0 Å². The molecule has 2 aromatic carbocycles. The summed E-state index contributed by atoms with van der Waals surface area (Å²) in [5, 5.41) is 11.0. The van der Waals surface area contributed by atoms with Gasteiger partial charge in [0.25, 0.3) is 5.91 Å². The largest absolute Gasteiger partial charge is 0.332 e. The van der Waals surface area contributed by atoms with Crippen LogP contribution in [0.1, 0.15) is 17.4 Å². The molecular formula is C21H18N6O2S. The molecule has 0 bridgehead atoms. The molecule has 2 aromatic heterocycles. The molecule has 0 aliphatic rings. The van der Waals surface area contributed by atoms with E-state index in [0.717, 1.165) is 11.4 Å². The Hall–Kier alpha value is -3.98. The highest BCUT2D eigenvalue weighted by Crippen LogP contribution is 2.23. The number of carbonyl (C=O) groups excluding carboxylic acids is 2. The molecule has 150 valence electrons. The van der Waals surface area contributed by atoms with E-state index < -0.39 is 0 Å². The first-order chi connectivity index (χ1) is 14.6. The molecule has 30 heavy (non-hydrogen) atoms. The quantitative estimate of drug-likeness (QED) is 0.434. The first-order valence-corrected chi connectivity index (χ1v) is 9.95. The molecule has 0 unspecified atom stereocenters. The third-order valence-electron chi connectivity index (χ3n) is 4.12. The van der Waals surface area contributed by atoms with Gasteiger partial charge in [-0.25, -0.2) is 9.97 Å². The molecule has 0 radical (unpaired) electrons. The first-order valence-electron chi connectivity index (χ1n) is 9.07. The molecule has 0 fully saturated rings. The van der Waals surface area contributed by atoms with Crippen LogP contribution < -0.4 is 16.0 Å². The van der Waals surface area contributed by atoms with Crippen LogP contribution in [-0.2, 0) is 4.79 Å². The van der Waals surface area contributed by atoms with E-state index in [4.69, 9.17) is 0 Å². The second-order valence-electron chi connectivity index (χ2n) is 6.39. The Labute approximate surface area is 176 Å². The number of imidazole rings is 1. The van der Waals surface area contributed by atoms with Crippen molar-refractivity contribution >= 4 is 45.3 Å². The summed E-state index contributed by atoms with van der Waals surface area (Å²) in [5.41, 5.74) is 3.48. The van der Waals surface area contributed by atoms with Gasteiger partial charge in [-0.15, -0.1) is 11.3 Å². The molecule has 0 aliphatic carbocycles. The number of amides is 2. The maximum absolute atomic E-state index is 12.4. The topological polar surface area (TPSA) is 101 Å². The average molecular weight is 418 g/mol. The van der Waals surface area contributed by atoms with Crippen molar-refractivity contribution in [2.45, 2.75) is 6.92 Å². The van der Waals surface area contributed by atoms with E-state index in [1.54, 1.807) is 42.2 Å². The highest BCUT2D eigenvalue weighted by molar-refractivity contribution is 7.14. The van der Waals surface area contributed by atoms with E-state index >= 15 is 0 Å². The van der Waals surface area contributed by atoms with E-state index in [1.165, 1.54) is 18.3 Å². The van der Waals surface area contributed by atoms with E-state index in [2.05, 4.69) is 25.9 Å². The Morgan fingerprint density at radius 3 is 2.23 bits per heavy atom. The Balaban J connectivity index is 1.37. The molecule has 3 N–H and O–H groups in total. The van der Waals surface area contributed by atoms with Gasteiger partial charge in [-0.1, -0.05) is 0 Å². The smallest absolute Gasteiger partial charge is 0.275 e. The van der Waals surface area contributed by atoms with Gasteiger partial charge >= 0.3 is 0 Å². The van der Waals surface area contributed by atoms with Crippen molar-refractivity contribution in [1.29, 1.82) is 0 Å². The van der Waals surface area contributed by atoms with E-state index in [9.17, 15) is 9.59 Å². The lowest BCUT2D eigenvalue weighted by molar-refractivity contribution is -0.114. The van der Waals surface area contributed by atoms with Crippen molar-refractivity contribution in [3.8, 4) is 5.69 Å². The molecule has 0 aliphatic heterocycles. The SMILES string of the molecule is CC(=O)Nc1ccc(NC(=O)c2csc(Nc3ccc(-n4ccnc4)cc3)n2)cc1. The summed E-state index contributed by atoms with van der Waals surface area (Å²) < 4.78 is 1.92. The minimum Gasteiger partial charge on any atom is -0.332 e. The molecule has 2 amide bonds. The predicted octanol–water partition coefficient (Wildman–Crippen LogP) is 4.28. The van der Waals surface area contributed by atoms with Crippen LogP contribution in [0.15, 0.2) is 72.6 Å². The number of carbonyl (C=O) groups is 2. The van der Waals surface area contributed by atoms with Gasteiger partial charge < -0.3 is 20.5 Å². The van der Waals surface area contributed by atoms with Crippen molar-refractivity contribution in [3.63, 3.8) is 0 Å². The van der Waals surface area contributed by atoms with Crippen LogP contribution in [0.4, 0.5) is 22.2 Å². The van der Waals surface area contributed by atoms with Crippen molar-refractivity contribution in [2.24, 2.45) is 0 Å². The van der Waals surface area contributed by atoms with Crippen LogP contribution in [0.3, 0.4) is 0 Å². The Morgan fingerprint density at radius 1 is 0.933 bits per heavy atom. The van der Waals surface area contributed by atoms with Crippen molar-refractivity contribution in [1.82, 2.24) is 14.5 Å². The molecule has 2 heterocycles. The average Bonchev–Trinajstić information content (AvgIpc) is 3.42. The number of hydrogen-bond donors (Lipinski definition) is 3. The number of anilines is 4. The molecule has 0 spiro atoms. The Morgan fingerprint density at radius 2 is 1.60 bits per heavy atom. The standard InChI is InChI=1S/C21H18N6O2S/c1-14(28)23-15-2-4-16(5-3-15)24-20(29)19-12-30-21(26-19)25-17-6-8-18(9-7-17)27-11-10-22-13-27/h2-13H,1H3,(H,23,28)(H,24,29)(H,25,26). The normalized spacial score (nSPS) is 10.4. The number of aromatic nitrogens is 3. The van der Waals surface area contributed by atoms with E-state index in [1.807, 2.05) is 35.0 Å². The van der Waals surface area contributed by atoms with E-state index in [0.29, 0.717) is 22.2 Å². The van der Waals surface area contributed by atoms with Crippen LogP contribution in [0, 0.1) is 0 Å². The van der Waals surface area contributed by atoms with Crippen molar-refractivity contribution in [3.05, 3.63) is 78.3 Å². The zero-order valence-corrected chi connectivity index (χ0v) is 16.8. The van der Waals surface area contributed by atoms with Crippen LogP contribution in [-0.4, -0.2) is 26.3 Å². The van der Waals surface area contributed by atoms with Gasteiger partial charge in [0.1, 0.15) is 5.69 Å². The zero-order valence-electron chi connectivity index (χ0n) is 16.0. The molecule has 8 nitrogen and oxygen atoms in total. The van der Waals surface area contributed by atoms with Gasteiger partial charge in [0, 0.05) is 47.4 Å². The second kappa shape index (κ2) is 8.58. The Kier molecular flexibility index (Phi) is 5.53. The number of nitrogens with one attached hydrogen (secondary N) is 3. The van der Waals surface area contributed by atoms with Crippen LogP contribution in [0.5, 0.6) is 0 Å². The number of benzene rings is 2. The Bertz CT molecular complexity index is 1150. The first kappa shape index (κ1) is 19.3. The van der Waals surface area contributed by atoms with Gasteiger partial charge in [-0.05, 0) is 48.5 Å². The highest BCUT2D eigenvalue weighted by atomic mass is 32.1. The van der Waals surface area contributed by atoms with Crippen molar-refractivity contribution in [2.75, 3.05) is 16.0 Å². The second-order valence-corrected chi connectivity index (χ2v) is 7.25. The zero-order chi connectivity index (χ0) is 20.9. The third kappa shape index (κ3) is 4.70. The molecule has 0 saturated heterocycles. The van der Waals surface area contributed by atoms with Crippen LogP contribution in [0.2, 0.25) is 0 Å². The summed E-state index contributed by atoms with van der Waals surface area (Å²) in [6, 6.07) is 14.7. The minimum absolute atomic E-state index is 0.148. The summed E-state index contributed by atoms with van der Waals surface area (Å²) in [6.07, 6.45) is 5.34. The maximum Gasteiger partial charge on any atom is 0.275 e. The lowest BCUT2D eigenvalue weighted by Crippen LogP contribution is -2.12. The predicted molar refractivity (Wildman–Crippen MR) is 118 cm³/mol. The summed E-state index contributed by atoms with van der Waals surface area (Å²) in [4.78, 5) is 31.9. The molecular weight excluding hydrogens is 400 g/mol. The fourth-order valence-corrected chi connectivity index (χ4v) is 3.43. The fraction of sp³-hybridized carbons (Fsp3) is 0.0476. The third-order valence-corrected chi connectivity index (χ3v) is 4.88. The maximum atomic E-state index is 12.4.